The van der Waals surface area contributed by atoms with Gasteiger partial charge in [-0.25, -0.2) is 4.79 Å². The number of aryl methyl sites for hydroxylation is 1. The minimum atomic E-state index is -1.03. The third kappa shape index (κ3) is 6.99. The second-order valence-corrected chi connectivity index (χ2v) is 7.78. The number of ether oxygens (including phenoxy) is 4. The zero-order chi connectivity index (χ0) is 26.1. The van der Waals surface area contributed by atoms with Crippen molar-refractivity contribution in [3.8, 4) is 17.2 Å². The van der Waals surface area contributed by atoms with Crippen LogP contribution in [-0.2, 0) is 14.3 Å². The van der Waals surface area contributed by atoms with Gasteiger partial charge in [0.15, 0.2) is 24.2 Å². The lowest BCUT2D eigenvalue weighted by atomic mass is 10.2. The summed E-state index contributed by atoms with van der Waals surface area (Å²) in [6, 6.07) is 18.6. The van der Waals surface area contributed by atoms with Gasteiger partial charge in [0.25, 0.3) is 11.8 Å². The van der Waals surface area contributed by atoms with Crippen LogP contribution in [-0.4, -0.2) is 44.7 Å². The van der Waals surface area contributed by atoms with Gasteiger partial charge < -0.3 is 29.6 Å². The molecule has 3 rings (SSSR count). The summed E-state index contributed by atoms with van der Waals surface area (Å²) in [5.41, 5.74) is 2.29. The number of nitrogens with one attached hydrogen (secondary N) is 2. The standard InChI is InChI=1S/C27H28N2O7/c1-17-7-5-6-8-22(17)29-26(31)18(2)36-27(32)19-9-14-23(24(15-19)34-4)35-16-25(30)28-20-10-12-21(33-3)13-11-20/h5-15,18H,16H2,1-4H3,(H,28,30)(H,29,31). The fourth-order valence-corrected chi connectivity index (χ4v) is 3.16. The van der Waals surface area contributed by atoms with Crippen LogP contribution in [0, 0.1) is 6.92 Å². The van der Waals surface area contributed by atoms with Gasteiger partial charge >= 0.3 is 5.97 Å². The molecule has 1 atom stereocenters. The maximum Gasteiger partial charge on any atom is 0.339 e. The van der Waals surface area contributed by atoms with Crippen LogP contribution in [0.1, 0.15) is 22.8 Å². The smallest absolute Gasteiger partial charge is 0.339 e. The minimum absolute atomic E-state index is 0.164. The number of methoxy groups -OCH3 is 2. The van der Waals surface area contributed by atoms with Crippen LogP contribution >= 0.6 is 0 Å². The quantitative estimate of drug-likeness (QED) is 0.408. The predicted octanol–water partition coefficient (Wildman–Crippen LogP) is 4.21. The third-order valence-electron chi connectivity index (χ3n) is 5.19. The van der Waals surface area contributed by atoms with Crippen molar-refractivity contribution in [1.82, 2.24) is 0 Å². The predicted molar refractivity (Wildman–Crippen MR) is 135 cm³/mol. The average molecular weight is 493 g/mol. The molecule has 0 saturated heterocycles. The van der Waals surface area contributed by atoms with Crippen molar-refractivity contribution in [1.29, 1.82) is 0 Å². The van der Waals surface area contributed by atoms with E-state index in [0.29, 0.717) is 17.1 Å². The van der Waals surface area contributed by atoms with Crippen molar-refractivity contribution in [2.75, 3.05) is 31.5 Å². The van der Waals surface area contributed by atoms with Crippen LogP contribution < -0.4 is 24.8 Å². The van der Waals surface area contributed by atoms with E-state index in [2.05, 4.69) is 10.6 Å². The molecule has 9 nitrogen and oxygen atoms in total. The average Bonchev–Trinajstić information content (AvgIpc) is 2.89. The van der Waals surface area contributed by atoms with E-state index >= 15 is 0 Å². The SMILES string of the molecule is COc1ccc(NC(=O)COc2ccc(C(=O)OC(C)C(=O)Nc3ccccc3C)cc2OC)cc1. The minimum Gasteiger partial charge on any atom is -0.497 e. The van der Waals surface area contributed by atoms with E-state index in [-0.39, 0.29) is 29.6 Å². The summed E-state index contributed by atoms with van der Waals surface area (Å²) in [6.07, 6.45) is -1.03. The zero-order valence-electron chi connectivity index (χ0n) is 20.5. The lowest BCUT2D eigenvalue weighted by molar-refractivity contribution is -0.123. The summed E-state index contributed by atoms with van der Waals surface area (Å²) in [5.74, 6) is -0.354. The number of anilines is 2. The lowest BCUT2D eigenvalue weighted by Crippen LogP contribution is -2.30. The van der Waals surface area contributed by atoms with Crippen LogP contribution in [0.5, 0.6) is 17.2 Å². The third-order valence-corrected chi connectivity index (χ3v) is 5.19. The molecule has 3 aromatic rings. The maximum absolute atomic E-state index is 12.6. The van der Waals surface area contributed by atoms with E-state index in [0.717, 1.165) is 5.56 Å². The second-order valence-electron chi connectivity index (χ2n) is 7.78. The van der Waals surface area contributed by atoms with Crippen molar-refractivity contribution >= 4 is 29.2 Å². The first-order valence-electron chi connectivity index (χ1n) is 11.1. The highest BCUT2D eigenvalue weighted by Gasteiger charge is 2.21. The molecule has 0 heterocycles. The monoisotopic (exact) mass is 492 g/mol. The molecule has 0 aliphatic carbocycles. The van der Waals surface area contributed by atoms with Crippen molar-refractivity contribution in [3.63, 3.8) is 0 Å². The second kappa shape index (κ2) is 12.3. The fraction of sp³-hybridized carbons (Fsp3) is 0.222. The molecule has 0 spiro atoms. The number of esters is 1. The van der Waals surface area contributed by atoms with Crippen molar-refractivity contribution < 1.29 is 33.3 Å². The number of benzene rings is 3. The van der Waals surface area contributed by atoms with E-state index in [1.54, 1.807) is 43.5 Å². The van der Waals surface area contributed by atoms with Gasteiger partial charge in [-0.3, -0.25) is 9.59 Å². The van der Waals surface area contributed by atoms with Crippen LogP contribution in [0.15, 0.2) is 66.7 Å². The Morgan fingerprint density at radius 3 is 2.25 bits per heavy atom. The Balaban J connectivity index is 1.56. The first kappa shape index (κ1) is 26.1. The van der Waals surface area contributed by atoms with Gasteiger partial charge in [-0.05, 0) is 67.9 Å². The Hall–Kier alpha value is -4.53. The molecule has 0 saturated carbocycles. The summed E-state index contributed by atoms with van der Waals surface area (Å²) in [7, 11) is 2.97. The van der Waals surface area contributed by atoms with Crippen LogP contribution in [0.2, 0.25) is 0 Å². The van der Waals surface area contributed by atoms with Crippen LogP contribution in [0.25, 0.3) is 0 Å². The summed E-state index contributed by atoms with van der Waals surface area (Å²) < 4.78 is 21.3. The van der Waals surface area contributed by atoms with Crippen molar-refractivity contribution in [3.05, 3.63) is 77.9 Å². The van der Waals surface area contributed by atoms with E-state index in [4.69, 9.17) is 18.9 Å². The topological polar surface area (TPSA) is 112 Å². The molecule has 2 amide bonds. The number of para-hydroxylation sites is 1. The molecule has 36 heavy (non-hydrogen) atoms. The largest absolute Gasteiger partial charge is 0.497 e. The number of amides is 2. The highest BCUT2D eigenvalue weighted by atomic mass is 16.5. The summed E-state index contributed by atoms with van der Waals surface area (Å²) in [4.78, 5) is 37.3. The van der Waals surface area contributed by atoms with Gasteiger partial charge in [-0.15, -0.1) is 0 Å². The fourth-order valence-electron chi connectivity index (χ4n) is 3.16. The van der Waals surface area contributed by atoms with E-state index in [1.165, 1.54) is 32.2 Å². The van der Waals surface area contributed by atoms with Crippen LogP contribution in [0.3, 0.4) is 0 Å². The molecule has 0 bridgehead atoms. The van der Waals surface area contributed by atoms with E-state index in [9.17, 15) is 14.4 Å². The highest BCUT2D eigenvalue weighted by Crippen LogP contribution is 2.28. The Morgan fingerprint density at radius 1 is 0.861 bits per heavy atom. The van der Waals surface area contributed by atoms with E-state index in [1.807, 2.05) is 19.1 Å². The molecule has 0 fully saturated rings. The van der Waals surface area contributed by atoms with Gasteiger partial charge in [0, 0.05) is 11.4 Å². The summed E-state index contributed by atoms with van der Waals surface area (Å²) in [6.45, 7) is 3.08. The maximum atomic E-state index is 12.6. The molecular weight excluding hydrogens is 464 g/mol. The molecule has 0 radical (unpaired) electrons. The Bertz CT molecular complexity index is 1230. The summed E-state index contributed by atoms with van der Waals surface area (Å²) in [5, 5.41) is 5.45. The summed E-state index contributed by atoms with van der Waals surface area (Å²) >= 11 is 0. The molecular formula is C27H28N2O7. The zero-order valence-corrected chi connectivity index (χ0v) is 20.5. The molecule has 0 aliphatic heterocycles. The number of hydrogen-bond donors (Lipinski definition) is 2. The number of rotatable bonds is 10. The van der Waals surface area contributed by atoms with Crippen molar-refractivity contribution in [2.45, 2.75) is 20.0 Å². The molecule has 0 aromatic heterocycles. The number of carbonyl (C=O) groups excluding carboxylic acids is 3. The Kier molecular flexibility index (Phi) is 8.88. The molecule has 2 N–H and O–H groups in total. The van der Waals surface area contributed by atoms with Gasteiger partial charge in [0.05, 0.1) is 19.8 Å². The van der Waals surface area contributed by atoms with Gasteiger partial charge in [-0.2, -0.15) is 0 Å². The number of carbonyl (C=O) groups is 3. The first-order valence-corrected chi connectivity index (χ1v) is 11.1. The molecule has 3 aromatic carbocycles. The lowest BCUT2D eigenvalue weighted by Gasteiger charge is -2.16. The van der Waals surface area contributed by atoms with Gasteiger partial charge in [0.2, 0.25) is 0 Å². The first-order chi connectivity index (χ1) is 17.3. The Morgan fingerprint density at radius 2 is 1.58 bits per heavy atom. The molecule has 0 aliphatic rings. The number of hydrogen-bond acceptors (Lipinski definition) is 7. The van der Waals surface area contributed by atoms with Gasteiger partial charge in [0.1, 0.15) is 5.75 Å². The molecule has 9 heteroatoms. The van der Waals surface area contributed by atoms with Crippen LogP contribution in [0.4, 0.5) is 11.4 Å². The van der Waals surface area contributed by atoms with E-state index < -0.39 is 18.0 Å². The molecule has 188 valence electrons. The Labute approximate surface area is 209 Å². The normalized spacial score (nSPS) is 11.1. The molecule has 1 unspecified atom stereocenters. The van der Waals surface area contributed by atoms with Gasteiger partial charge in [-0.1, -0.05) is 18.2 Å². The van der Waals surface area contributed by atoms with Crippen molar-refractivity contribution in [2.24, 2.45) is 0 Å². The highest BCUT2D eigenvalue weighted by molar-refractivity contribution is 5.98.